The SMILES string of the molecule is CC1Cc2cccc(-n3nnn(C(=O)N(C(C)C)N4CCCCC4)c3=O)c2O1. The van der Waals surface area contributed by atoms with Crippen LogP contribution in [0.5, 0.6) is 5.75 Å². The third-order valence-corrected chi connectivity index (χ3v) is 5.22. The first kappa shape index (κ1) is 18.7. The van der Waals surface area contributed by atoms with Gasteiger partial charge in [0.15, 0.2) is 0 Å². The predicted molar refractivity (Wildman–Crippen MR) is 103 cm³/mol. The summed E-state index contributed by atoms with van der Waals surface area (Å²) in [5, 5.41) is 11.5. The molecule has 1 aromatic carbocycles. The van der Waals surface area contributed by atoms with E-state index in [9.17, 15) is 9.59 Å². The van der Waals surface area contributed by atoms with E-state index >= 15 is 0 Å². The van der Waals surface area contributed by atoms with Crippen LogP contribution in [-0.4, -0.2) is 61.1 Å². The van der Waals surface area contributed by atoms with Crippen molar-refractivity contribution in [2.24, 2.45) is 0 Å². The second-order valence-electron chi connectivity index (χ2n) is 7.72. The van der Waals surface area contributed by atoms with E-state index in [2.05, 4.69) is 10.4 Å². The molecule has 1 unspecified atom stereocenters. The summed E-state index contributed by atoms with van der Waals surface area (Å²) in [4.78, 5) is 26.1. The average molecular weight is 386 g/mol. The lowest BCUT2D eigenvalue weighted by Gasteiger charge is -2.39. The number of hydrogen-bond acceptors (Lipinski definition) is 6. The van der Waals surface area contributed by atoms with Crippen LogP contribution in [0.3, 0.4) is 0 Å². The first-order valence-corrected chi connectivity index (χ1v) is 9.89. The van der Waals surface area contributed by atoms with Crippen molar-refractivity contribution in [3.8, 4) is 11.4 Å². The van der Waals surface area contributed by atoms with E-state index in [4.69, 9.17) is 4.74 Å². The Morgan fingerprint density at radius 3 is 2.68 bits per heavy atom. The van der Waals surface area contributed by atoms with Gasteiger partial charge < -0.3 is 4.74 Å². The Kier molecular flexibility index (Phi) is 4.92. The van der Waals surface area contributed by atoms with Crippen LogP contribution >= 0.6 is 0 Å². The van der Waals surface area contributed by atoms with Gasteiger partial charge in [0.1, 0.15) is 17.5 Å². The maximum Gasteiger partial charge on any atom is 0.377 e. The second kappa shape index (κ2) is 7.38. The number of rotatable bonds is 3. The van der Waals surface area contributed by atoms with Gasteiger partial charge in [0.05, 0.1) is 0 Å². The van der Waals surface area contributed by atoms with Gasteiger partial charge in [-0.2, -0.15) is 4.68 Å². The molecule has 2 aliphatic heterocycles. The van der Waals surface area contributed by atoms with Crippen molar-refractivity contribution in [3.63, 3.8) is 0 Å². The number of piperidine rings is 1. The molecule has 0 bridgehead atoms. The lowest BCUT2D eigenvalue weighted by atomic mass is 10.1. The minimum atomic E-state index is -0.593. The molecular formula is C19H26N6O3. The van der Waals surface area contributed by atoms with E-state index in [1.54, 1.807) is 11.1 Å². The third kappa shape index (κ3) is 3.19. The summed E-state index contributed by atoms with van der Waals surface area (Å²) in [7, 11) is 0. The normalized spacial score (nSPS) is 19.5. The number of aromatic nitrogens is 4. The molecule has 0 spiro atoms. The molecule has 3 heterocycles. The summed E-state index contributed by atoms with van der Waals surface area (Å²) in [5.41, 5.74) is 0.944. The van der Waals surface area contributed by atoms with Crippen LogP contribution < -0.4 is 10.4 Å². The maximum atomic E-state index is 13.1. The van der Waals surface area contributed by atoms with Crippen molar-refractivity contribution in [2.45, 2.75) is 58.6 Å². The van der Waals surface area contributed by atoms with Gasteiger partial charge >= 0.3 is 11.7 Å². The number of para-hydroxylation sites is 1. The van der Waals surface area contributed by atoms with Gasteiger partial charge in [-0.1, -0.05) is 18.6 Å². The molecule has 150 valence electrons. The molecule has 4 rings (SSSR count). The van der Waals surface area contributed by atoms with E-state index in [0.717, 1.165) is 53.7 Å². The number of nitrogens with zero attached hydrogens (tertiary/aromatic N) is 6. The highest BCUT2D eigenvalue weighted by atomic mass is 16.5. The van der Waals surface area contributed by atoms with Gasteiger partial charge in [-0.3, -0.25) is 5.01 Å². The van der Waals surface area contributed by atoms with Gasteiger partial charge in [0.25, 0.3) is 0 Å². The van der Waals surface area contributed by atoms with Crippen molar-refractivity contribution in [3.05, 3.63) is 34.2 Å². The number of benzene rings is 1. The van der Waals surface area contributed by atoms with E-state index in [0.29, 0.717) is 11.4 Å². The molecule has 0 N–H and O–H groups in total. The van der Waals surface area contributed by atoms with Crippen molar-refractivity contribution < 1.29 is 9.53 Å². The van der Waals surface area contributed by atoms with E-state index in [1.165, 1.54) is 0 Å². The zero-order valence-corrected chi connectivity index (χ0v) is 16.5. The molecule has 0 aliphatic carbocycles. The average Bonchev–Trinajstić information content (AvgIpc) is 3.24. The topological polar surface area (TPSA) is 85.5 Å². The number of amides is 1. The lowest BCUT2D eigenvalue weighted by Crippen LogP contribution is -2.55. The zero-order chi connectivity index (χ0) is 19.8. The van der Waals surface area contributed by atoms with Crippen molar-refractivity contribution in [1.29, 1.82) is 0 Å². The minimum Gasteiger partial charge on any atom is -0.488 e. The van der Waals surface area contributed by atoms with Crippen LogP contribution in [0.4, 0.5) is 4.79 Å². The number of hydrazine groups is 1. The second-order valence-corrected chi connectivity index (χ2v) is 7.72. The molecule has 0 saturated carbocycles. The largest absolute Gasteiger partial charge is 0.488 e. The van der Waals surface area contributed by atoms with Crippen LogP contribution in [0.25, 0.3) is 5.69 Å². The molecular weight excluding hydrogens is 360 g/mol. The monoisotopic (exact) mass is 386 g/mol. The molecule has 9 heteroatoms. The van der Waals surface area contributed by atoms with Gasteiger partial charge in [0, 0.05) is 31.1 Å². The summed E-state index contributed by atoms with van der Waals surface area (Å²) in [6.45, 7) is 7.43. The fourth-order valence-corrected chi connectivity index (χ4v) is 3.96. The van der Waals surface area contributed by atoms with E-state index in [1.807, 2.05) is 37.9 Å². The minimum absolute atomic E-state index is 0.0408. The first-order chi connectivity index (χ1) is 13.5. The molecule has 28 heavy (non-hydrogen) atoms. The summed E-state index contributed by atoms with van der Waals surface area (Å²) in [5.74, 6) is 0.633. The van der Waals surface area contributed by atoms with Gasteiger partial charge in [-0.15, -0.1) is 4.68 Å². The van der Waals surface area contributed by atoms with Gasteiger partial charge in [-0.05, 0) is 50.1 Å². The number of ether oxygens (including phenoxy) is 1. The molecule has 9 nitrogen and oxygen atoms in total. The van der Waals surface area contributed by atoms with Gasteiger partial charge in [-0.25, -0.2) is 14.6 Å². The quantitative estimate of drug-likeness (QED) is 0.748. The smallest absolute Gasteiger partial charge is 0.377 e. The predicted octanol–water partition coefficient (Wildman–Crippen LogP) is 1.83. The van der Waals surface area contributed by atoms with Crippen molar-refractivity contribution in [2.75, 3.05) is 13.1 Å². The van der Waals surface area contributed by atoms with Crippen LogP contribution in [0.2, 0.25) is 0 Å². The highest BCUT2D eigenvalue weighted by molar-refractivity contribution is 5.75. The fraction of sp³-hybridized carbons (Fsp3) is 0.579. The molecule has 1 amide bonds. The van der Waals surface area contributed by atoms with Gasteiger partial charge in [0.2, 0.25) is 0 Å². The van der Waals surface area contributed by atoms with E-state index < -0.39 is 11.7 Å². The number of hydrogen-bond donors (Lipinski definition) is 0. The molecule has 0 radical (unpaired) electrons. The van der Waals surface area contributed by atoms with Crippen LogP contribution in [0.1, 0.15) is 45.6 Å². The van der Waals surface area contributed by atoms with Crippen molar-refractivity contribution in [1.82, 2.24) is 29.8 Å². The molecule has 1 fully saturated rings. The van der Waals surface area contributed by atoms with Crippen LogP contribution in [0, 0.1) is 0 Å². The summed E-state index contributed by atoms with van der Waals surface area (Å²) >= 11 is 0. The summed E-state index contributed by atoms with van der Waals surface area (Å²) < 4.78 is 7.84. The van der Waals surface area contributed by atoms with Crippen LogP contribution in [-0.2, 0) is 6.42 Å². The highest BCUT2D eigenvalue weighted by Gasteiger charge is 2.31. The highest BCUT2D eigenvalue weighted by Crippen LogP contribution is 2.33. The molecule has 1 saturated heterocycles. The number of fused-ring (bicyclic) bond motifs is 1. The number of carbonyl (C=O) groups excluding carboxylic acids is 1. The summed E-state index contributed by atoms with van der Waals surface area (Å²) in [6, 6.07) is 5.02. The molecule has 2 aromatic rings. The summed E-state index contributed by atoms with van der Waals surface area (Å²) in [6.07, 6.45) is 4.04. The lowest BCUT2D eigenvalue weighted by molar-refractivity contribution is -0.0242. The Hall–Kier alpha value is -2.68. The Morgan fingerprint density at radius 2 is 1.96 bits per heavy atom. The number of carbonyl (C=O) groups is 1. The standard InChI is InChI=1S/C19H26N6O3/c1-13(2)25(22-10-5-4-6-11-22)19(27)24-18(26)23(20-21-24)16-9-7-8-15-12-14(3)28-17(15)16/h7-9,13-14H,4-6,10-12H2,1-3H3. The molecule has 2 aliphatic rings. The Balaban J connectivity index is 1.68. The molecule has 1 aromatic heterocycles. The zero-order valence-electron chi connectivity index (χ0n) is 16.5. The Morgan fingerprint density at radius 1 is 1.21 bits per heavy atom. The van der Waals surface area contributed by atoms with E-state index in [-0.39, 0.29) is 12.1 Å². The van der Waals surface area contributed by atoms with Crippen molar-refractivity contribution >= 4 is 6.03 Å². The number of tetrazole rings is 1. The fourth-order valence-electron chi connectivity index (χ4n) is 3.96. The van der Waals surface area contributed by atoms with Crippen LogP contribution in [0.15, 0.2) is 23.0 Å². The Labute approximate surface area is 163 Å². The molecule has 1 atom stereocenters. The maximum absolute atomic E-state index is 13.1. The Bertz CT molecular complexity index is 928. The third-order valence-electron chi connectivity index (χ3n) is 5.22. The first-order valence-electron chi connectivity index (χ1n) is 9.89.